The van der Waals surface area contributed by atoms with Crippen LogP contribution in [-0.4, -0.2) is 53.0 Å². The average molecular weight is 784 g/mol. The lowest BCUT2D eigenvalue weighted by atomic mass is 9.64. The molecule has 7 rings (SSSR count). The van der Waals surface area contributed by atoms with Crippen molar-refractivity contribution in [2.75, 3.05) is 31.5 Å². The Kier molecular flexibility index (Phi) is 12.5. The molecular weight excluding hydrogens is 738 g/mol. The van der Waals surface area contributed by atoms with E-state index in [-0.39, 0.29) is 36.3 Å². The molecule has 2 heterocycles. The van der Waals surface area contributed by atoms with Crippen LogP contribution >= 0.6 is 11.6 Å². The summed E-state index contributed by atoms with van der Waals surface area (Å²) in [6.45, 7) is 2.90. The van der Waals surface area contributed by atoms with Gasteiger partial charge in [-0.3, -0.25) is 14.4 Å². The Bertz CT molecular complexity index is 2340. The summed E-state index contributed by atoms with van der Waals surface area (Å²) in [6.07, 6.45) is 0.152. The number of hydrogen-bond donors (Lipinski definition) is 5. The van der Waals surface area contributed by atoms with Crippen LogP contribution in [0.25, 0.3) is 10.9 Å². The number of primary amides is 1. The number of anilines is 1. The number of rotatable bonds is 16. The molecule has 10 nitrogen and oxygen atoms in total. The summed E-state index contributed by atoms with van der Waals surface area (Å²) >= 11 is 6.62. The van der Waals surface area contributed by atoms with Gasteiger partial charge >= 0.3 is 0 Å². The summed E-state index contributed by atoms with van der Waals surface area (Å²) < 4.78 is 6.04. The van der Waals surface area contributed by atoms with Crippen LogP contribution in [0.2, 0.25) is 5.02 Å². The zero-order valence-corrected chi connectivity index (χ0v) is 32.3. The van der Waals surface area contributed by atoms with Gasteiger partial charge in [-0.2, -0.15) is 0 Å². The Labute approximate surface area is 336 Å². The van der Waals surface area contributed by atoms with E-state index in [4.69, 9.17) is 22.1 Å². The molecule has 0 bridgehead atoms. The molecule has 1 aliphatic rings. The van der Waals surface area contributed by atoms with Crippen molar-refractivity contribution < 1.29 is 19.4 Å². The number of aromatic amines is 1. The number of nitrogens with two attached hydrogens (primary N) is 1. The van der Waals surface area contributed by atoms with Crippen molar-refractivity contribution >= 4 is 40.0 Å². The molecule has 57 heavy (non-hydrogen) atoms. The minimum atomic E-state index is -0.985. The Balaban J connectivity index is 0.919. The van der Waals surface area contributed by atoms with Gasteiger partial charge in [0.2, 0.25) is 17.4 Å². The summed E-state index contributed by atoms with van der Waals surface area (Å²) in [6, 6.07) is 41.4. The van der Waals surface area contributed by atoms with Gasteiger partial charge in [0.25, 0.3) is 0 Å². The smallest absolute Gasteiger partial charge is 0.248 e. The molecule has 6 N–H and O–H groups in total. The standard InChI is InChI=1S/C46H46ClN5O5/c47-38-26-32(27-49-28-40(53)36-17-20-41(44-37(36)18-21-42(54)51-44)57-30-31-10-4-1-5-11-31)16-19-39(38)50-43(55)23-25-52-24-22-35(29-52)46(45(48)56,33-12-6-2-7-13-33)34-14-8-3-9-15-34/h1-21,26,35,40,49,53H,22-25,27-30H2,(H2,48,56)(H,50,55)(H,51,54)/t35-,40-/m1/s1. The maximum absolute atomic E-state index is 13.4. The molecule has 0 radical (unpaired) electrons. The van der Waals surface area contributed by atoms with Crippen molar-refractivity contribution in [2.24, 2.45) is 11.7 Å². The number of carbonyl (C=O) groups is 2. The molecule has 5 aromatic carbocycles. The molecule has 1 fully saturated rings. The first-order chi connectivity index (χ1) is 27.7. The summed E-state index contributed by atoms with van der Waals surface area (Å²) in [5.74, 6) is -0.0749. The van der Waals surface area contributed by atoms with Gasteiger partial charge in [0.05, 0.1) is 22.3 Å². The molecule has 0 spiro atoms. The fraction of sp³-hybridized carbons (Fsp3) is 0.239. The zero-order chi connectivity index (χ0) is 39.8. The second-order valence-corrected chi connectivity index (χ2v) is 14.9. The Morgan fingerprint density at radius 3 is 2.25 bits per heavy atom. The number of likely N-dealkylation sites (tertiary alicyclic amines) is 1. The summed E-state index contributed by atoms with van der Waals surface area (Å²) in [5, 5.41) is 18.5. The molecule has 11 heteroatoms. The van der Waals surface area contributed by atoms with Gasteiger partial charge in [0.15, 0.2) is 0 Å². The highest BCUT2D eigenvalue weighted by atomic mass is 35.5. The van der Waals surface area contributed by atoms with Crippen LogP contribution in [0, 0.1) is 5.92 Å². The van der Waals surface area contributed by atoms with Crippen molar-refractivity contribution in [3.8, 4) is 5.75 Å². The number of ether oxygens (including phenoxy) is 1. The molecule has 1 saturated heterocycles. The number of hydrogen-bond acceptors (Lipinski definition) is 7. The Morgan fingerprint density at radius 2 is 1.58 bits per heavy atom. The number of aromatic nitrogens is 1. The number of aliphatic hydroxyl groups is 1. The van der Waals surface area contributed by atoms with Crippen molar-refractivity contribution in [2.45, 2.75) is 37.5 Å². The summed E-state index contributed by atoms with van der Waals surface area (Å²) in [7, 11) is 0. The van der Waals surface area contributed by atoms with Crippen LogP contribution in [-0.2, 0) is 28.2 Å². The zero-order valence-electron chi connectivity index (χ0n) is 31.5. The molecule has 1 aromatic heterocycles. The quantitative estimate of drug-likeness (QED) is 0.0733. The van der Waals surface area contributed by atoms with E-state index in [1.165, 1.54) is 6.07 Å². The van der Waals surface area contributed by atoms with Crippen molar-refractivity contribution in [1.29, 1.82) is 0 Å². The first-order valence-electron chi connectivity index (χ1n) is 19.2. The first-order valence-corrected chi connectivity index (χ1v) is 19.5. The third-order valence-corrected chi connectivity index (χ3v) is 11.2. The third kappa shape index (κ3) is 8.95. The van der Waals surface area contributed by atoms with Crippen LogP contribution in [0.15, 0.2) is 138 Å². The normalized spacial score (nSPS) is 15.0. The second-order valence-electron chi connectivity index (χ2n) is 14.5. The predicted molar refractivity (Wildman–Crippen MR) is 224 cm³/mol. The molecule has 1 aliphatic heterocycles. The largest absolute Gasteiger partial charge is 0.487 e. The lowest BCUT2D eigenvalue weighted by molar-refractivity contribution is -0.124. The average Bonchev–Trinajstić information content (AvgIpc) is 3.70. The lowest BCUT2D eigenvalue weighted by Gasteiger charge is -2.37. The van der Waals surface area contributed by atoms with Gasteiger partial charge in [0.1, 0.15) is 17.8 Å². The minimum absolute atomic E-state index is 0.0604. The number of halogens is 1. The van der Waals surface area contributed by atoms with Crippen LogP contribution in [0.1, 0.15) is 46.8 Å². The minimum Gasteiger partial charge on any atom is -0.487 e. The summed E-state index contributed by atoms with van der Waals surface area (Å²) in [5.41, 5.74) is 10.3. The lowest BCUT2D eigenvalue weighted by Crippen LogP contribution is -2.49. The van der Waals surface area contributed by atoms with Crippen molar-refractivity contribution in [3.05, 3.63) is 177 Å². The SMILES string of the molecule is NC(=O)C(c1ccccc1)(c1ccccc1)[C@@H]1CCN(CCC(=O)Nc2ccc(CNC[C@@H](O)c3ccc(OCc4ccccc4)c4[nH]c(=O)ccc34)cc2Cl)C1. The highest BCUT2D eigenvalue weighted by Gasteiger charge is 2.49. The summed E-state index contributed by atoms with van der Waals surface area (Å²) in [4.78, 5) is 43.8. The fourth-order valence-electron chi connectivity index (χ4n) is 8.01. The van der Waals surface area contributed by atoms with Gasteiger partial charge in [-0.25, -0.2) is 0 Å². The molecule has 292 valence electrons. The number of fused-ring (bicyclic) bond motifs is 1. The Morgan fingerprint density at radius 1 is 0.895 bits per heavy atom. The third-order valence-electron chi connectivity index (χ3n) is 10.8. The second kappa shape index (κ2) is 18.0. The monoisotopic (exact) mass is 783 g/mol. The molecule has 2 amide bonds. The number of benzene rings is 5. The maximum Gasteiger partial charge on any atom is 0.248 e. The first kappa shape index (κ1) is 39.5. The highest BCUT2D eigenvalue weighted by molar-refractivity contribution is 6.33. The molecule has 0 unspecified atom stereocenters. The maximum atomic E-state index is 13.4. The van der Waals surface area contributed by atoms with Crippen LogP contribution in [0.5, 0.6) is 5.75 Å². The van der Waals surface area contributed by atoms with Gasteiger partial charge < -0.3 is 36.1 Å². The molecule has 0 saturated carbocycles. The van der Waals surface area contributed by atoms with Crippen molar-refractivity contribution in [1.82, 2.24) is 15.2 Å². The van der Waals surface area contributed by atoms with E-state index in [1.807, 2.05) is 103 Å². The van der Waals surface area contributed by atoms with E-state index in [9.17, 15) is 19.5 Å². The van der Waals surface area contributed by atoms with E-state index in [1.54, 1.807) is 24.3 Å². The van der Waals surface area contributed by atoms with E-state index in [2.05, 4.69) is 20.5 Å². The number of nitrogens with zero attached hydrogens (tertiary/aromatic N) is 1. The fourth-order valence-corrected chi connectivity index (χ4v) is 8.27. The number of nitrogens with one attached hydrogen (secondary N) is 3. The number of amides is 2. The number of H-pyrrole nitrogens is 1. The highest BCUT2D eigenvalue weighted by Crippen LogP contribution is 2.43. The molecular formula is C46H46ClN5O5. The number of pyridine rings is 1. The Hall–Kier alpha value is -5.78. The van der Waals surface area contributed by atoms with Gasteiger partial charge in [-0.15, -0.1) is 0 Å². The van der Waals surface area contributed by atoms with Crippen molar-refractivity contribution in [3.63, 3.8) is 0 Å². The van der Waals surface area contributed by atoms with E-state index in [0.29, 0.717) is 59.2 Å². The van der Waals surface area contributed by atoms with Crippen LogP contribution in [0.3, 0.4) is 0 Å². The topological polar surface area (TPSA) is 150 Å². The number of aliphatic hydroxyl groups excluding tert-OH is 1. The van der Waals surface area contributed by atoms with E-state index >= 15 is 0 Å². The predicted octanol–water partition coefficient (Wildman–Crippen LogP) is 6.71. The van der Waals surface area contributed by atoms with Gasteiger partial charge in [-0.1, -0.05) is 115 Å². The van der Waals surface area contributed by atoms with E-state index in [0.717, 1.165) is 35.2 Å². The molecule has 2 atom stereocenters. The molecule has 6 aromatic rings. The van der Waals surface area contributed by atoms with Crippen LogP contribution < -0.4 is 26.7 Å². The van der Waals surface area contributed by atoms with Gasteiger partial charge in [0, 0.05) is 44.1 Å². The van der Waals surface area contributed by atoms with Gasteiger partial charge in [-0.05, 0) is 71.0 Å². The number of carbonyl (C=O) groups excluding carboxylic acids is 2. The molecule has 0 aliphatic carbocycles. The van der Waals surface area contributed by atoms with E-state index < -0.39 is 11.5 Å². The van der Waals surface area contributed by atoms with Crippen LogP contribution in [0.4, 0.5) is 5.69 Å².